The topological polar surface area (TPSA) is 77.3 Å². The number of guanidine groups is 1. The van der Waals surface area contributed by atoms with E-state index in [1.54, 1.807) is 13.1 Å². The highest BCUT2D eigenvalue weighted by Crippen LogP contribution is 2.26. The van der Waals surface area contributed by atoms with Gasteiger partial charge >= 0.3 is 0 Å². The average molecular weight is 304 g/mol. The second-order valence-corrected chi connectivity index (χ2v) is 5.34. The quantitative estimate of drug-likeness (QED) is 0.894. The van der Waals surface area contributed by atoms with Crippen molar-refractivity contribution in [2.45, 2.75) is 12.5 Å². The fraction of sp³-hybridized carbons (Fsp3) is 0.167. The highest BCUT2D eigenvalue weighted by Gasteiger charge is 2.23. The highest BCUT2D eigenvalue weighted by molar-refractivity contribution is 5.99. The minimum atomic E-state index is -0.110. The van der Waals surface area contributed by atoms with Gasteiger partial charge in [-0.2, -0.15) is 5.26 Å². The Morgan fingerprint density at radius 2 is 1.91 bits per heavy atom. The summed E-state index contributed by atoms with van der Waals surface area (Å²) in [4.78, 5) is 15.8. The molecule has 2 aromatic carbocycles. The molecule has 3 rings (SSSR count). The van der Waals surface area contributed by atoms with Crippen molar-refractivity contribution >= 4 is 11.9 Å². The minimum absolute atomic E-state index is 0.0498. The molecule has 2 aromatic rings. The molecule has 1 fully saturated rings. The van der Waals surface area contributed by atoms with Gasteiger partial charge < -0.3 is 5.32 Å². The number of rotatable bonds is 2. The second-order valence-electron chi connectivity index (χ2n) is 5.34. The monoisotopic (exact) mass is 304 g/mol. The van der Waals surface area contributed by atoms with Crippen LogP contribution in [0.5, 0.6) is 0 Å². The maximum Gasteiger partial charge on any atom is 0.229 e. The normalized spacial score (nSPS) is 18.9. The summed E-state index contributed by atoms with van der Waals surface area (Å²) in [5, 5.41) is 14.9. The third-order valence-corrected chi connectivity index (χ3v) is 3.80. The third kappa shape index (κ3) is 3.22. The molecule has 23 heavy (non-hydrogen) atoms. The summed E-state index contributed by atoms with van der Waals surface area (Å²) in [6, 6.07) is 17.5. The molecule has 0 aromatic heterocycles. The fourth-order valence-corrected chi connectivity index (χ4v) is 2.65. The lowest BCUT2D eigenvalue weighted by Gasteiger charge is -2.26. The summed E-state index contributed by atoms with van der Waals surface area (Å²) >= 11 is 0. The summed E-state index contributed by atoms with van der Waals surface area (Å²) in [6.45, 7) is 0. The van der Waals surface area contributed by atoms with Crippen LogP contribution in [0.3, 0.4) is 0 Å². The second kappa shape index (κ2) is 6.32. The Hall–Kier alpha value is -3.13. The largest absolute Gasteiger partial charge is 0.349 e. The molecular formula is C18H16N4O. The van der Waals surface area contributed by atoms with E-state index in [2.05, 4.69) is 21.7 Å². The van der Waals surface area contributed by atoms with Crippen LogP contribution in [0.2, 0.25) is 0 Å². The molecule has 1 aliphatic heterocycles. The molecule has 0 saturated carbocycles. The first-order chi connectivity index (χ1) is 11.2. The van der Waals surface area contributed by atoms with Gasteiger partial charge in [0.2, 0.25) is 5.91 Å². The van der Waals surface area contributed by atoms with Crippen molar-refractivity contribution in [2.24, 2.45) is 4.99 Å². The number of carbonyl (C=O) groups excluding carboxylic acids is 1. The predicted octanol–water partition coefficient (Wildman–Crippen LogP) is 2.36. The van der Waals surface area contributed by atoms with E-state index in [0.29, 0.717) is 17.9 Å². The lowest BCUT2D eigenvalue weighted by molar-refractivity contribution is -0.120. The maximum atomic E-state index is 11.8. The molecule has 114 valence electrons. The summed E-state index contributed by atoms with van der Waals surface area (Å²) in [7, 11) is 1.63. The number of benzene rings is 2. The molecule has 0 aliphatic carbocycles. The summed E-state index contributed by atoms with van der Waals surface area (Å²) in [6.07, 6.45) is 0.362. The van der Waals surface area contributed by atoms with Gasteiger partial charge in [-0.25, -0.2) is 0 Å². The van der Waals surface area contributed by atoms with E-state index < -0.39 is 0 Å². The van der Waals surface area contributed by atoms with Crippen LogP contribution in [0.15, 0.2) is 53.5 Å². The van der Waals surface area contributed by atoms with Crippen LogP contribution in [0, 0.1) is 11.3 Å². The standard InChI is InChI=1S/C18H16N4O/c1-20-18-21-16(10-17(23)22-18)15-7-3-6-14(9-15)13-5-2-4-12(8-13)11-19/h2-9,16H,10H2,1H3,(H2,20,21,22,23)/t16-/m0/s1. The molecule has 5 nitrogen and oxygen atoms in total. The minimum Gasteiger partial charge on any atom is -0.349 e. The molecule has 1 saturated heterocycles. The van der Waals surface area contributed by atoms with E-state index in [-0.39, 0.29) is 11.9 Å². The number of nitriles is 1. The Labute approximate surface area is 134 Å². The third-order valence-electron chi connectivity index (χ3n) is 3.80. The number of hydrogen-bond acceptors (Lipinski definition) is 3. The van der Waals surface area contributed by atoms with Crippen LogP contribution in [-0.4, -0.2) is 18.9 Å². The molecule has 0 bridgehead atoms. The molecule has 5 heteroatoms. The first kappa shape index (κ1) is 14.8. The zero-order chi connectivity index (χ0) is 16.2. The maximum absolute atomic E-state index is 11.8. The first-order valence-corrected chi connectivity index (χ1v) is 7.33. The fourth-order valence-electron chi connectivity index (χ4n) is 2.65. The van der Waals surface area contributed by atoms with Crippen LogP contribution < -0.4 is 10.6 Å². The first-order valence-electron chi connectivity index (χ1n) is 7.33. The van der Waals surface area contributed by atoms with Crippen LogP contribution in [0.1, 0.15) is 23.6 Å². The highest BCUT2D eigenvalue weighted by atomic mass is 16.2. The lowest BCUT2D eigenvalue weighted by Crippen LogP contribution is -2.49. The molecule has 1 aliphatic rings. The van der Waals surface area contributed by atoms with Gasteiger partial charge in [0.25, 0.3) is 0 Å². The summed E-state index contributed by atoms with van der Waals surface area (Å²) < 4.78 is 0. The average Bonchev–Trinajstić information content (AvgIpc) is 2.61. The molecule has 0 unspecified atom stereocenters. The Morgan fingerprint density at radius 3 is 2.65 bits per heavy atom. The Bertz CT molecular complexity index is 820. The van der Waals surface area contributed by atoms with Gasteiger partial charge in [0.05, 0.1) is 24.1 Å². The zero-order valence-corrected chi connectivity index (χ0v) is 12.7. The smallest absolute Gasteiger partial charge is 0.229 e. The van der Waals surface area contributed by atoms with E-state index in [0.717, 1.165) is 16.7 Å². The van der Waals surface area contributed by atoms with Gasteiger partial charge in [0, 0.05) is 7.05 Å². The van der Waals surface area contributed by atoms with Crippen LogP contribution >= 0.6 is 0 Å². The van der Waals surface area contributed by atoms with Crippen molar-refractivity contribution < 1.29 is 4.79 Å². The molecule has 1 atom stereocenters. The van der Waals surface area contributed by atoms with Gasteiger partial charge in [-0.1, -0.05) is 30.3 Å². The predicted molar refractivity (Wildman–Crippen MR) is 88.6 cm³/mol. The molecule has 1 heterocycles. The van der Waals surface area contributed by atoms with E-state index in [1.165, 1.54) is 0 Å². The molecule has 0 radical (unpaired) electrons. The van der Waals surface area contributed by atoms with Crippen LogP contribution in [0.25, 0.3) is 11.1 Å². The number of carbonyl (C=O) groups is 1. The Kier molecular flexibility index (Phi) is 4.07. The van der Waals surface area contributed by atoms with Crippen molar-refractivity contribution in [3.63, 3.8) is 0 Å². The molecule has 0 spiro atoms. The van der Waals surface area contributed by atoms with E-state index >= 15 is 0 Å². The Balaban J connectivity index is 1.93. The van der Waals surface area contributed by atoms with Gasteiger partial charge in [-0.05, 0) is 34.9 Å². The van der Waals surface area contributed by atoms with Crippen molar-refractivity contribution in [1.82, 2.24) is 10.6 Å². The molecule has 2 N–H and O–H groups in total. The number of hydrogen-bond donors (Lipinski definition) is 2. The molecule has 1 amide bonds. The number of nitrogens with zero attached hydrogens (tertiary/aromatic N) is 2. The number of amides is 1. The number of aliphatic imine (C=N–C) groups is 1. The van der Waals surface area contributed by atoms with Gasteiger partial charge in [-0.3, -0.25) is 15.1 Å². The number of nitrogens with one attached hydrogen (secondary N) is 2. The van der Waals surface area contributed by atoms with Crippen LogP contribution in [-0.2, 0) is 4.79 Å². The summed E-state index contributed by atoms with van der Waals surface area (Å²) in [5.41, 5.74) is 3.64. The summed E-state index contributed by atoms with van der Waals surface area (Å²) in [5.74, 6) is 0.439. The lowest BCUT2D eigenvalue weighted by atomic mass is 9.96. The molecular weight excluding hydrogens is 288 g/mol. The van der Waals surface area contributed by atoms with Crippen molar-refractivity contribution in [3.8, 4) is 17.2 Å². The van der Waals surface area contributed by atoms with Crippen LogP contribution in [0.4, 0.5) is 0 Å². The van der Waals surface area contributed by atoms with E-state index in [9.17, 15) is 4.79 Å². The van der Waals surface area contributed by atoms with E-state index in [4.69, 9.17) is 5.26 Å². The van der Waals surface area contributed by atoms with Gasteiger partial charge in [0.15, 0.2) is 5.96 Å². The van der Waals surface area contributed by atoms with Crippen molar-refractivity contribution in [2.75, 3.05) is 7.05 Å². The zero-order valence-electron chi connectivity index (χ0n) is 12.7. The Morgan fingerprint density at radius 1 is 1.17 bits per heavy atom. The van der Waals surface area contributed by atoms with Crippen molar-refractivity contribution in [3.05, 3.63) is 59.7 Å². The van der Waals surface area contributed by atoms with E-state index in [1.807, 2.05) is 42.5 Å². The van der Waals surface area contributed by atoms with Crippen molar-refractivity contribution in [1.29, 1.82) is 5.26 Å². The van der Waals surface area contributed by atoms with Gasteiger partial charge in [-0.15, -0.1) is 0 Å². The van der Waals surface area contributed by atoms with Gasteiger partial charge in [0.1, 0.15) is 0 Å². The SMILES string of the molecule is CN=C1NC(=O)C[C@@H](c2cccc(-c3cccc(C#N)c3)c2)N1.